The van der Waals surface area contributed by atoms with Gasteiger partial charge in [0.15, 0.2) is 5.16 Å². The molecule has 0 radical (unpaired) electrons. The minimum absolute atomic E-state index is 0.0991. The number of amides is 1. The number of thioether (sulfide) groups is 1. The van der Waals surface area contributed by atoms with Gasteiger partial charge in [-0.3, -0.25) is 4.79 Å². The molecule has 1 aliphatic heterocycles. The average molecular weight is 611 g/mol. The molecule has 1 amide bonds. The maximum Gasteiger partial charge on any atom is 0.224 e. The van der Waals surface area contributed by atoms with Crippen LogP contribution >= 0.6 is 11.8 Å². The fraction of sp³-hybridized carbons (Fsp3) is 0.343. The first-order chi connectivity index (χ1) is 21.5. The van der Waals surface area contributed by atoms with Crippen molar-refractivity contribution in [2.45, 2.75) is 51.9 Å². The van der Waals surface area contributed by atoms with Crippen LogP contribution in [0, 0.1) is 13.8 Å². The van der Waals surface area contributed by atoms with Gasteiger partial charge in [-0.05, 0) is 66.1 Å². The lowest BCUT2D eigenvalue weighted by atomic mass is 9.96. The largest absolute Gasteiger partial charge is 0.491 e. The summed E-state index contributed by atoms with van der Waals surface area (Å²) in [6, 6.07) is 22.9. The van der Waals surface area contributed by atoms with Crippen molar-refractivity contribution >= 4 is 28.7 Å². The van der Waals surface area contributed by atoms with Crippen LogP contribution in [-0.4, -0.2) is 57.6 Å². The quantitative estimate of drug-likeness (QED) is 0.195. The Hall–Kier alpha value is -4.08. The molecule has 3 aromatic carbocycles. The SMILES string of the molecule is CCSc1nc2ccccc2n1CCC(=O)N1CCOCCOc2ccc(-c3c(C)noc3C)cc2Cc2cccc(c2)C1. The Balaban J connectivity index is 1.23. The van der Waals surface area contributed by atoms with E-state index in [0.29, 0.717) is 52.3 Å². The Bertz CT molecular complexity index is 1740. The number of nitrogens with zero attached hydrogens (tertiary/aromatic N) is 4. The molecule has 2 aromatic heterocycles. The first kappa shape index (κ1) is 30.0. The van der Waals surface area contributed by atoms with Crippen molar-refractivity contribution in [1.82, 2.24) is 19.6 Å². The average Bonchev–Trinajstić information content (AvgIpc) is 3.55. The minimum Gasteiger partial charge on any atom is -0.491 e. The molecule has 44 heavy (non-hydrogen) atoms. The monoisotopic (exact) mass is 610 g/mol. The zero-order chi connectivity index (χ0) is 30.5. The molecular weight excluding hydrogens is 572 g/mol. The summed E-state index contributed by atoms with van der Waals surface area (Å²) >= 11 is 1.71. The van der Waals surface area contributed by atoms with Crippen LogP contribution in [0.1, 0.15) is 41.5 Å². The number of benzene rings is 3. The molecule has 5 aromatic rings. The van der Waals surface area contributed by atoms with Crippen molar-refractivity contribution in [3.8, 4) is 16.9 Å². The molecule has 0 saturated carbocycles. The number of para-hydroxylation sites is 2. The van der Waals surface area contributed by atoms with Crippen molar-refractivity contribution in [2.75, 3.05) is 32.1 Å². The summed E-state index contributed by atoms with van der Waals surface area (Å²) in [5.74, 6) is 2.66. The summed E-state index contributed by atoms with van der Waals surface area (Å²) in [5, 5.41) is 5.10. The number of aryl methyl sites for hydroxylation is 3. The lowest BCUT2D eigenvalue weighted by Gasteiger charge is -2.24. The number of carbonyl (C=O) groups is 1. The van der Waals surface area contributed by atoms with Crippen LogP contribution < -0.4 is 4.74 Å². The van der Waals surface area contributed by atoms with Gasteiger partial charge in [-0.15, -0.1) is 0 Å². The van der Waals surface area contributed by atoms with E-state index in [-0.39, 0.29) is 5.91 Å². The van der Waals surface area contributed by atoms with Crippen LogP contribution in [0.15, 0.2) is 76.4 Å². The summed E-state index contributed by atoms with van der Waals surface area (Å²) in [6.07, 6.45) is 1.08. The highest BCUT2D eigenvalue weighted by molar-refractivity contribution is 7.99. The fourth-order valence-electron chi connectivity index (χ4n) is 5.84. The van der Waals surface area contributed by atoms with Gasteiger partial charge in [0.2, 0.25) is 5.91 Å². The Morgan fingerprint density at radius 1 is 0.977 bits per heavy atom. The van der Waals surface area contributed by atoms with E-state index >= 15 is 0 Å². The molecule has 3 heterocycles. The summed E-state index contributed by atoms with van der Waals surface area (Å²) in [5.41, 5.74) is 8.29. The van der Waals surface area contributed by atoms with E-state index in [1.54, 1.807) is 11.8 Å². The summed E-state index contributed by atoms with van der Waals surface area (Å²) in [7, 11) is 0. The van der Waals surface area contributed by atoms with Gasteiger partial charge >= 0.3 is 0 Å². The van der Waals surface area contributed by atoms with E-state index in [0.717, 1.165) is 67.0 Å². The highest BCUT2D eigenvalue weighted by atomic mass is 32.2. The molecule has 0 aliphatic carbocycles. The third-order valence-corrected chi connectivity index (χ3v) is 8.79. The molecule has 228 valence electrons. The summed E-state index contributed by atoms with van der Waals surface area (Å²) in [4.78, 5) is 20.4. The second kappa shape index (κ2) is 13.7. The molecule has 9 heteroatoms. The van der Waals surface area contributed by atoms with Crippen molar-refractivity contribution in [3.63, 3.8) is 0 Å². The molecule has 0 N–H and O–H groups in total. The molecule has 0 atom stereocenters. The molecule has 0 spiro atoms. The first-order valence-electron chi connectivity index (χ1n) is 15.2. The van der Waals surface area contributed by atoms with Crippen molar-refractivity contribution < 1.29 is 18.8 Å². The maximum atomic E-state index is 13.7. The lowest BCUT2D eigenvalue weighted by molar-refractivity contribution is -0.132. The second-order valence-electron chi connectivity index (χ2n) is 11.0. The number of imidazole rings is 1. The summed E-state index contributed by atoms with van der Waals surface area (Å²) < 4.78 is 19.8. The molecular formula is C35H38N4O4S. The maximum absolute atomic E-state index is 13.7. The number of fused-ring (bicyclic) bond motifs is 4. The van der Waals surface area contributed by atoms with E-state index in [1.807, 2.05) is 43.0 Å². The van der Waals surface area contributed by atoms with Gasteiger partial charge in [0.05, 0.1) is 29.9 Å². The van der Waals surface area contributed by atoms with Crippen LogP contribution in [0.25, 0.3) is 22.2 Å². The van der Waals surface area contributed by atoms with E-state index < -0.39 is 0 Å². The van der Waals surface area contributed by atoms with Gasteiger partial charge in [0, 0.05) is 38.0 Å². The van der Waals surface area contributed by atoms with Gasteiger partial charge in [0.1, 0.15) is 18.1 Å². The van der Waals surface area contributed by atoms with Crippen LogP contribution in [0.4, 0.5) is 0 Å². The van der Waals surface area contributed by atoms with Gasteiger partial charge in [-0.2, -0.15) is 0 Å². The predicted octanol–water partition coefficient (Wildman–Crippen LogP) is 6.84. The lowest BCUT2D eigenvalue weighted by Crippen LogP contribution is -2.34. The van der Waals surface area contributed by atoms with Crippen LogP contribution in [0.3, 0.4) is 0 Å². The molecule has 0 fully saturated rings. The fourth-order valence-corrected chi connectivity index (χ4v) is 6.61. The molecule has 0 unspecified atom stereocenters. The van der Waals surface area contributed by atoms with Gasteiger partial charge in [0.25, 0.3) is 0 Å². The second-order valence-corrected chi connectivity index (χ2v) is 12.2. The molecule has 2 bridgehead atoms. The number of rotatable bonds is 6. The van der Waals surface area contributed by atoms with E-state index in [1.165, 1.54) is 0 Å². The minimum atomic E-state index is 0.0991. The van der Waals surface area contributed by atoms with Crippen molar-refractivity contribution in [3.05, 3.63) is 94.9 Å². The third kappa shape index (κ3) is 6.69. The van der Waals surface area contributed by atoms with Crippen LogP contribution in [-0.2, 0) is 29.0 Å². The molecule has 8 nitrogen and oxygen atoms in total. The Labute approximate surface area is 262 Å². The molecule has 1 aliphatic rings. The first-order valence-corrected chi connectivity index (χ1v) is 16.2. The van der Waals surface area contributed by atoms with Crippen molar-refractivity contribution in [1.29, 1.82) is 0 Å². The number of aromatic nitrogens is 3. The van der Waals surface area contributed by atoms with E-state index in [4.69, 9.17) is 19.0 Å². The summed E-state index contributed by atoms with van der Waals surface area (Å²) in [6.45, 7) is 8.95. The number of ether oxygens (including phenoxy) is 2. The zero-order valence-electron chi connectivity index (χ0n) is 25.5. The normalized spacial score (nSPS) is 14.2. The highest BCUT2D eigenvalue weighted by Gasteiger charge is 2.19. The highest BCUT2D eigenvalue weighted by Crippen LogP contribution is 2.32. The molecule has 6 rings (SSSR count). The Morgan fingerprint density at radius 3 is 2.68 bits per heavy atom. The van der Waals surface area contributed by atoms with Gasteiger partial charge in [-0.1, -0.05) is 66.3 Å². The zero-order valence-corrected chi connectivity index (χ0v) is 26.4. The van der Waals surface area contributed by atoms with Gasteiger partial charge < -0.3 is 23.5 Å². The smallest absolute Gasteiger partial charge is 0.224 e. The van der Waals surface area contributed by atoms with Gasteiger partial charge in [-0.25, -0.2) is 4.98 Å². The Morgan fingerprint density at radius 2 is 1.84 bits per heavy atom. The number of carbonyl (C=O) groups excluding carboxylic acids is 1. The van der Waals surface area contributed by atoms with E-state index in [9.17, 15) is 4.79 Å². The predicted molar refractivity (Wildman–Crippen MR) is 173 cm³/mol. The van der Waals surface area contributed by atoms with Crippen LogP contribution in [0.5, 0.6) is 5.75 Å². The third-order valence-electron chi connectivity index (χ3n) is 7.93. The number of hydrogen-bond acceptors (Lipinski definition) is 7. The molecule has 0 saturated heterocycles. The standard InChI is InChI=1S/C35H38N4O4S/c1-4-44-35-36-30-10-5-6-11-31(30)39(35)15-14-33(40)38-16-17-41-18-19-42-32-13-12-28(34-24(2)37-43-25(34)3)22-29(32)21-26-8-7-9-27(20-26)23-38/h5-13,20,22H,4,14-19,21,23H2,1-3H3. The Kier molecular flexibility index (Phi) is 9.33. The van der Waals surface area contributed by atoms with Crippen LogP contribution in [0.2, 0.25) is 0 Å². The topological polar surface area (TPSA) is 82.6 Å². The van der Waals surface area contributed by atoms with Crippen molar-refractivity contribution in [2.24, 2.45) is 0 Å². The number of hydrogen-bond donors (Lipinski definition) is 0. The van der Waals surface area contributed by atoms with E-state index in [2.05, 4.69) is 59.1 Å².